The summed E-state index contributed by atoms with van der Waals surface area (Å²) in [6.07, 6.45) is 0. The van der Waals surface area contributed by atoms with Gasteiger partial charge in [-0.3, -0.25) is 4.79 Å². The van der Waals surface area contributed by atoms with Crippen molar-refractivity contribution in [3.8, 4) is 5.75 Å². The summed E-state index contributed by atoms with van der Waals surface area (Å²) < 4.78 is 5.67. The van der Waals surface area contributed by atoms with E-state index in [2.05, 4.69) is 36.1 Å². The summed E-state index contributed by atoms with van der Waals surface area (Å²) in [7, 11) is 0. The largest absolute Gasteiger partial charge is 0.484 e. The van der Waals surface area contributed by atoms with Crippen molar-refractivity contribution in [1.29, 1.82) is 0 Å². The fourth-order valence-electron chi connectivity index (χ4n) is 2.99. The molecule has 1 amide bonds. The maximum atomic E-state index is 12.4. The first-order valence-electron chi connectivity index (χ1n) is 8.41. The molecule has 0 aliphatic carbocycles. The molecule has 1 aliphatic rings. The van der Waals surface area contributed by atoms with Crippen molar-refractivity contribution in [2.45, 2.75) is 13.8 Å². The number of amides is 1. The summed E-state index contributed by atoms with van der Waals surface area (Å²) in [6.45, 7) is 7.40. The summed E-state index contributed by atoms with van der Waals surface area (Å²) in [5, 5.41) is 0. The number of para-hydroxylation sites is 1. The van der Waals surface area contributed by atoms with Gasteiger partial charge in [-0.1, -0.05) is 30.3 Å². The lowest BCUT2D eigenvalue weighted by atomic mass is 10.2. The number of carbonyl (C=O) groups is 1. The Bertz CT molecular complexity index is 706. The molecule has 1 fully saturated rings. The molecule has 0 spiro atoms. The van der Waals surface area contributed by atoms with E-state index in [9.17, 15) is 4.79 Å². The Labute approximate surface area is 143 Å². The number of ether oxygens (including phenoxy) is 1. The minimum absolute atomic E-state index is 0.0575. The molecule has 2 aromatic carbocycles. The Kier molecular flexibility index (Phi) is 5.04. The second-order valence-electron chi connectivity index (χ2n) is 6.26. The highest BCUT2D eigenvalue weighted by atomic mass is 16.5. The number of rotatable bonds is 4. The summed E-state index contributed by atoms with van der Waals surface area (Å²) in [4.78, 5) is 16.6. The summed E-state index contributed by atoms with van der Waals surface area (Å²) in [5.41, 5.74) is 3.55. The molecule has 0 saturated carbocycles. The van der Waals surface area contributed by atoms with E-state index in [-0.39, 0.29) is 12.5 Å². The highest BCUT2D eigenvalue weighted by Crippen LogP contribution is 2.19. The quantitative estimate of drug-likeness (QED) is 0.867. The molecule has 0 radical (unpaired) electrons. The molecular formula is C20H24N2O2. The van der Waals surface area contributed by atoms with Crippen molar-refractivity contribution in [2.75, 3.05) is 37.7 Å². The van der Waals surface area contributed by atoms with Crippen LogP contribution in [0.1, 0.15) is 11.1 Å². The van der Waals surface area contributed by atoms with Crippen LogP contribution in [0.4, 0.5) is 5.69 Å². The lowest BCUT2D eigenvalue weighted by molar-refractivity contribution is -0.133. The molecule has 0 atom stereocenters. The zero-order chi connectivity index (χ0) is 16.9. The third-order valence-corrected chi connectivity index (χ3v) is 4.44. The zero-order valence-corrected chi connectivity index (χ0v) is 14.4. The SMILES string of the molecule is Cc1cccc(N2CCN(C(=O)COc3ccccc3C)CC2)c1. The minimum Gasteiger partial charge on any atom is -0.484 e. The smallest absolute Gasteiger partial charge is 0.260 e. The molecule has 0 unspecified atom stereocenters. The molecule has 1 heterocycles. The first kappa shape index (κ1) is 16.4. The van der Waals surface area contributed by atoms with Crippen molar-refractivity contribution in [3.05, 3.63) is 59.7 Å². The number of benzene rings is 2. The first-order chi connectivity index (χ1) is 11.6. The number of hydrogen-bond donors (Lipinski definition) is 0. The summed E-state index contributed by atoms with van der Waals surface area (Å²) in [5.74, 6) is 0.839. The lowest BCUT2D eigenvalue weighted by Gasteiger charge is -2.36. The second kappa shape index (κ2) is 7.39. The highest BCUT2D eigenvalue weighted by Gasteiger charge is 2.21. The molecule has 4 nitrogen and oxygen atoms in total. The number of piperazine rings is 1. The Morgan fingerprint density at radius 1 is 1.00 bits per heavy atom. The normalized spacial score (nSPS) is 14.6. The fourth-order valence-corrected chi connectivity index (χ4v) is 2.99. The van der Waals surface area contributed by atoms with Crippen LogP contribution in [-0.4, -0.2) is 43.6 Å². The Hall–Kier alpha value is -2.49. The number of hydrogen-bond acceptors (Lipinski definition) is 3. The fraction of sp³-hybridized carbons (Fsp3) is 0.350. The van der Waals surface area contributed by atoms with Crippen molar-refractivity contribution in [2.24, 2.45) is 0 Å². The van der Waals surface area contributed by atoms with Gasteiger partial charge in [0.2, 0.25) is 0 Å². The van der Waals surface area contributed by atoms with Crippen LogP contribution in [0.25, 0.3) is 0 Å². The van der Waals surface area contributed by atoms with Gasteiger partial charge < -0.3 is 14.5 Å². The molecule has 1 aliphatic heterocycles. The molecule has 24 heavy (non-hydrogen) atoms. The van der Waals surface area contributed by atoms with E-state index in [4.69, 9.17) is 4.74 Å². The van der Waals surface area contributed by atoms with Gasteiger partial charge in [0.15, 0.2) is 6.61 Å². The highest BCUT2D eigenvalue weighted by molar-refractivity contribution is 5.78. The van der Waals surface area contributed by atoms with Crippen molar-refractivity contribution >= 4 is 11.6 Å². The van der Waals surface area contributed by atoms with E-state index in [1.807, 2.05) is 36.1 Å². The van der Waals surface area contributed by atoms with Crippen LogP contribution in [-0.2, 0) is 4.79 Å². The van der Waals surface area contributed by atoms with Gasteiger partial charge in [-0.05, 0) is 43.2 Å². The Morgan fingerprint density at radius 2 is 1.75 bits per heavy atom. The van der Waals surface area contributed by atoms with Crippen LogP contribution in [0.3, 0.4) is 0 Å². The van der Waals surface area contributed by atoms with Crippen LogP contribution in [0.15, 0.2) is 48.5 Å². The first-order valence-corrected chi connectivity index (χ1v) is 8.41. The minimum atomic E-state index is 0.0575. The molecule has 2 aromatic rings. The van der Waals surface area contributed by atoms with Crippen molar-refractivity contribution in [3.63, 3.8) is 0 Å². The maximum absolute atomic E-state index is 12.4. The van der Waals surface area contributed by atoms with Crippen molar-refractivity contribution < 1.29 is 9.53 Å². The second-order valence-corrected chi connectivity index (χ2v) is 6.26. The standard InChI is InChI=1S/C20H24N2O2/c1-16-6-5-8-18(14-16)21-10-12-22(13-11-21)20(23)15-24-19-9-4-3-7-17(19)2/h3-9,14H,10-13,15H2,1-2H3. The average molecular weight is 324 g/mol. The van der Waals surface area contributed by atoms with E-state index in [1.54, 1.807) is 0 Å². The molecule has 4 heteroatoms. The predicted octanol–water partition coefficient (Wildman–Crippen LogP) is 3.03. The van der Waals surface area contributed by atoms with Gasteiger partial charge in [0, 0.05) is 31.9 Å². The summed E-state index contributed by atoms with van der Waals surface area (Å²) >= 11 is 0. The monoisotopic (exact) mass is 324 g/mol. The molecule has 126 valence electrons. The van der Waals surface area contributed by atoms with Gasteiger partial charge in [-0.2, -0.15) is 0 Å². The van der Waals surface area contributed by atoms with Crippen LogP contribution < -0.4 is 9.64 Å². The molecule has 0 bridgehead atoms. The van der Waals surface area contributed by atoms with Gasteiger partial charge in [0.25, 0.3) is 5.91 Å². The predicted molar refractivity (Wildman–Crippen MR) is 96.6 cm³/mol. The maximum Gasteiger partial charge on any atom is 0.260 e. The third-order valence-electron chi connectivity index (χ3n) is 4.44. The van der Waals surface area contributed by atoms with E-state index in [0.29, 0.717) is 0 Å². The van der Waals surface area contributed by atoms with Crippen LogP contribution >= 0.6 is 0 Å². The molecule has 0 aromatic heterocycles. The van der Waals surface area contributed by atoms with Crippen LogP contribution in [0.5, 0.6) is 5.75 Å². The molecule has 0 N–H and O–H groups in total. The Balaban J connectivity index is 1.51. The number of nitrogens with zero attached hydrogens (tertiary/aromatic N) is 2. The Morgan fingerprint density at radius 3 is 2.46 bits per heavy atom. The average Bonchev–Trinajstić information content (AvgIpc) is 2.61. The van der Waals surface area contributed by atoms with E-state index in [0.717, 1.165) is 37.5 Å². The zero-order valence-electron chi connectivity index (χ0n) is 14.4. The van der Waals surface area contributed by atoms with Gasteiger partial charge >= 0.3 is 0 Å². The number of aryl methyl sites for hydroxylation is 2. The molecule has 1 saturated heterocycles. The van der Waals surface area contributed by atoms with Crippen LogP contribution in [0.2, 0.25) is 0 Å². The van der Waals surface area contributed by atoms with Crippen LogP contribution in [0, 0.1) is 13.8 Å². The lowest BCUT2D eigenvalue weighted by Crippen LogP contribution is -2.50. The van der Waals surface area contributed by atoms with Gasteiger partial charge in [0.1, 0.15) is 5.75 Å². The van der Waals surface area contributed by atoms with Gasteiger partial charge in [-0.25, -0.2) is 0 Å². The van der Waals surface area contributed by atoms with E-state index >= 15 is 0 Å². The number of carbonyl (C=O) groups excluding carboxylic acids is 1. The van der Waals surface area contributed by atoms with Crippen molar-refractivity contribution in [1.82, 2.24) is 4.90 Å². The van der Waals surface area contributed by atoms with E-state index in [1.165, 1.54) is 11.3 Å². The van der Waals surface area contributed by atoms with E-state index < -0.39 is 0 Å². The van der Waals surface area contributed by atoms with Gasteiger partial charge in [0.05, 0.1) is 0 Å². The number of anilines is 1. The topological polar surface area (TPSA) is 32.8 Å². The molecular weight excluding hydrogens is 300 g/mol. The summed E-state index contributed by atoms with van der Waals surface area (Å²) in [6, 6.07) is 16.3. The molecule has 3 rings (SSSR count). The van der Waals surface area contributed by atoms with Gasteiger partial charge in [-0.15, -0.1) is 0 Å². The third kappa shape index (κ3) is 3.88.